The van der Waals surface area contributed by atoms with E-state index in [1.54, 1.807) is 4.90 Å². The zero-order chi connectivity index (χ0) is 22.4. The Morgan fingerprint density at radius 1 is 1.19 bits per heavy atom. The number of carbonyl (C=O) groups excluding carboxylic acids is 1. The van der Waals surface area contributed by atoms with Crippen LogP contribution in [0.15, 0.2) is 54.9 Å². The third-order valence-corrected chi connectivity index (χ3v) is 6.43. The number of hydrogen-bond acceptors (Lipinski definition) is 3. The summed E-state index contributed by atoms with van der Waals surface area (Å²) in [5, 5.41) is 3.44. The van der Waals surface area contributed by atoms with Crippen molar-refractivity contribution in [2.45, 2.75) is 31.0 Å². The van der Waals surface area contributed by atoms with Gasteiger partial charge in [0.25, 0.3) is 5.91 Å². The second-order valence-corrected chi connectivity index (χ2v) is 8.40. The summed E-state index contributed by atoms with van der Waals surface area (Å²) < 4.78 is 40.3. The third kappa shape index (κ3) is 4.02. The van der Waals surface area contributed by atoms with Gasteiger partial charge in [0, 0.05) is 37.6 Å². The molecule has 9 heteroatoms. The van der Waals surface area contributed by atoms with E-state index in [4.69, 9.17) is 11.6 Å². The van der Waals surface area contributed by atoms with Gasteiger partial charge in [-0.25, -0.2) is 4.98 Å². The first-order valence-corrected chi connectivity index (χ1v) is 10.3. The lowest BCUT2D eigenvalue weighted by molar-refractivity contribution is -0.137. The average Bonchev–Trinajstić information content (AvgIpc) is 3.18. The number of nitrogens with one attached hydrogen (secondary N) is 1. The minimum absolute atomic E-state index is 0.0781. The predicted molar refractivity (Wildman–Crippen MR) is 113 cm³/mol. The second kappa shape index (κ2) is 7.84. The Hall–Kier alpha value is -2.58. The molecule has 1 saturated heterocycles. The minimum Gasteiger partial charge on any atom is -0.337 e. The van der Waals surface area contributed by atoms with Crippen molar-refractivity contribution in [1.29, 1.82) is 0 Å². The molecule has 4 heterocycles. The summed E-state index contributed by atoms with van der Waals surface area (Å²) >= 11 is 5.98. The Morgan fingerprint density at radius 3 is 2.48 bits per heavy atom. The van der Waals surface area contributed by atoms with Crippen molar-refractivity contribution in [3.05, 3.63) is 71.2 Å². The number of pyridine rings is 1. The van der Waals surface area contributed by atoms with Crippen LogP contribution in [0.3, 0.4) is 0 Å². The minimum atomic E-state index is -4.54. The van der Waals surface area contributed by atoms with Gasteiger partial charge in [0.05, 0.1) is 10.6 Å². The number of carbonyl (C=O) groups is 1. The first-order chi connectivity index (χ1) is 14.7. The largest absolute Gasteiger partial charge is 0.417 e. The zero-order valence-corrected chi connectivity index (χ0v) is 17.6. The molecule has 0 aromatic carbocycles. The molecule has 0 unspecified atom stereocenters. The molecule has 0 atom stereocenters. The van der Waals surface area contributed by atoms with Crippen LogP contribution >= 0.6 is 11.6 Å². The molecular formula is C22H22ClF3N4O. The van der Waals surface area contributed by atoms with Gasteiger partial charge in [0.15, 0.2) is 5.65 Å². The van der Waals surface area contributed by atoms with E-state index in [9.17, 15) is 18.0 Å². The van der Waals surface area contributed by atoms with Gasteiger partial charge >= 0.3 is 6.18 Å². The van der Waals surface area contributed by atoms with Crippen LogP contribution in [0.1, 0.15) is 35.3 Å². The molecule has 1 amide bonds. The molecule has 2 aromatic rings. The highest BCUT2D eigenvalue weighted by Gasteiger charge is 2.39. The summed E-state index contributed by atoms with van der Waals surface area (Å²) in [5.74, 6) is -0.315. The van der Waals surface area contributed by atoms with Crippen LogP contribution in [0.4, 0.5) is 13.2 Å². The molecule has 1 fully saturated rings. The molecule has 31 heavy (non-hydrogen) atoms. The fourth-order valence-electron chi connectivity index (χ4n) is 4.31. The molecule has 0 radical (unpaired) electrons. The highest BCUT2D eigenvalue weighted by molar-refractivity contribution is 6.33. The summed E-state index contributed by atoms with van der Waals surface area (Å²) in [6.07, 6.45) is 3.70. The lowest BCUT2D eigenvalue weighted by atomic mass is 9.78. The van der Waals surface area contributed by atoms with E-state index in [1.165, 1.54) is 11.8 Å². The predicted octanol–water partition coefficient (Wildman–Crippen LogP) is 4.64. The van der Waals surface area contributed by atoms with Crippen LogP contribution in [0.25, 0.3) is 5.65 Å². The average molecular weight is 451 g/mol. The Balaban J connectivity index is 1.51. The Morgan fingerprint density at radius 2 is 1.87 bits per heavy atom. The van der Waals surface area contributed by atoms with Crippen LogP contribution in [0.5, 0.6) is 0 Å². The molecular weight excluding hydrogens is 429 g/mol. The normalized spacial score (nSPS) is 19.2. The molecule has 0 aliphatic carbocycles. The van der Waals surface area contributed by atoms with Crippen molar-refractivity contribution in [3.8, 4) is 0 Å². The lowest BCUT2D eigenvalue weighted by Crippen LogP contribution is -2.56. The number of alkyl halides is 3. The SMILES string of the molecule is C=CC1=C(C=C)CC2(CCN(C(=O)c3cn4cc(C(F)(F)F)cc(Cl)c4n3)CC2)NC1. The number of halogens is 4. The number of imidazole rings is 1. The maximum Gasteiger partial charge on any atom is 0.417 e. The van der Waals surface area contributed by atoms with Crippen LogP contribution in [0.2, 0.25) is 5.02 Å². The van der Waals surface area contributed by atoms with Gasteiger partial charge in [-0.15, -0.1) is 0 Å². The third-order valence-electron chi connectivity index (χ3n) is 6.15. The van der Waals surface area contributed by atoms with E-state index in [-0.39, 0.29) is 27.8 Å². The molecule has 164 valence electrons. The highest BCUT2D eigenvalue weighted by atomic mass is 35.5. The number of likely N-dealkylation sites (tertiary alicyclic amines) is 1. The van der Waals surface area contributed by atoms with E-state index in [0.29, 0.717) is 19.6 Å². The highest BCUT2D eigenvalue weighted by Crippen LogP contribution is 2.35. The van der Waals surface area contributed by atoms with Crippen LogP contribution in [-0.4, -0.2) is 45.4 Å². The van der Waals surface area contributed by atoms with Gasteiger partial charge in [-0.1, -0.05) is 36.9 Å². The van der Waals surface area contributed by atoms with Gasteiger partial charge in [-0.05, 0) is 36.5 Å². The topological polar surface area (TPSA) is 49.6 Å². The molecule has 2 aliphatic heterocycles. The van der Waals surface area contributed by atoms with Crippen LogP contribution in [0, 0.1) is 0 Å². The summed E-state index contributed by atoms with van der Waals surface area (Å²) in [7, 11) is 0. The molecule has 2 aliphatic rings. The summed E-state index contributed by atoms with van der Waals surface area (Å²) in [6.45, 7) is 9.51. The van der Waals surface area contributed by atoms with E-state index in [2.05, 4.69) is 23.5 Å². The maximum atomic E-state index is 13.0. The van der Waals surface area contributed by atoms with Crippen molar-refractivity contribution in [2.24, 2.45) is 0 Å². The number of rotatable bonds is 3. The second-order valence-electron chi connectivity index (χ2n) is 7.99. The van der Waals surface area contributed by atoms with E-state index < -0.39 is 11.7 Å². The fraction of sp³-hybridized carbons (Fsp3) is 0.364. The van der Waals surface area contributed by atoms with Crippen molar-refractivity contribution >= 4 is 23.2 Å². The Bertz CT molecular complexity index is 1090. The number of piperidine rings is 1. The summed E-state index contributed by atoms with van der Waals surface area (Å²) in [6, 6.07) is 0.819. The van der Waals surface area contributed by atoms with Gasteiger partial charge in [0.1, 0.15) is 5.69 Å². The number of fused-ring (bicyclic) bond motifs is 1. The molecule has 0 saturated carbocycles. The smallest absolute Gasteiger partial charge is 0.337 e. The van der Waals surface area contributed by atoms with Crippen molar-refractivity contribution < 1.29 is 18.0 Å². The summed E-state index contributed by atoms with van der Waals surface area (Å²) in [5.41, 5.74) is 1.52. The number of allylic oxidation sites excluding steroid dienone is 1. The van der Waals surface area contributed by atoms with Crippen molar-refractivity contribution in [1.82, 2.24) is 19.6 Å². The quantitative estimate of drug-likeness (QED) is 0.741. The van der Waals surface area contributed by atoms with E-state index in [1.807, 2.05) is 12.2 Å². The number of nitrogens with zero attached hydrogens (tertiary/aromatic N) is 3. The van der Waals surface area contributed by atoms with E-state index >= 15 is 0 Å². The monoisotopic (exact) mass is 450 g/mol. The molecule has 2 aromatic heterocycles. The molecule has 4 rings (SSSR count). The van der Waals surface area contributed by atoms with Crippen LogP contribution in [-0.2, 0) is 6.18 Å². The van der Waals surface area contributed by atoms with Gasteiger partial charge in [-0.3, -0.25) is 4.79 Å². The fourth-order valence-corrected chi connectivity index (χ4v) is 4.57. The van der Waals surface area contributed by atoms with Crippen molar-refractivity contribution in [2.75, 3.05) is 19.6 Å². The van der Waals surface area contributed by atoms with Crippen molar-refractivity contribution in [3.63, 3.8) is 0 Å². The van der Waals surface area contributed by atoms with Gasteiger partial charge in [-0.2, -0.15) is 13.2 Å². The standard InChI is InChI=1S/C22H22ClF3N4O/c1-3-14-10-21(27-11-15(14)4-2)5-7-29(8-6-21)20(31)18-13-30-12-16(22(24,25)26)9-17(23)19(30)28-18/h3-4,9,12-13,27H,1-2,5-8,10-11H2. The van der Waals surface area contributed by atoms with Gasteiger partial charge < -0.3 is 14.6 Å². The van der Waals surface area contributed by atoms with Gasteiger partial charge in [0.2, 0.25) is 0 Å². The molecule has 0 bridgehead atoms. The lowest BCUT2D eigenvalue weighted by Gasteiger charge is -2.45. The zero-order valence-electron chi connectivity index (χ0n) is 16.8. The number of aromatic nitrogens is 2. The Labute approximate surface area is 182 Å². The van der Waals surface area contributed by atoms with E-state index in [0.717, 1.165) is 41.5 Å². The molecule has 5 nitrogen and oxygen atoms in total. The van der Waals surface area contributed by atoms with Crippen LogP contribution < -0.4 is 5.32 Å². The Kier molecular flexibility index (Phi) is 5.47. The summed E-state index contributed by atoms with van der Waals surface area (Å²) in [4.78, 5) is 18.9. The number of amides is 1. The first-order valence-electron chi connectivity index (χ1n) is 9.92. The first kappa shape index (κ1) is 21.6. The molecule has 1 N–H and O–H groups in total. The maximum absolute atomic E-state index is 13.0. The molecule has 1 spiro atoms. The number of hydrogen-bond donors (Lipinski definition) is 1.